The highest BCUT2D eigenvalue weighted by Gasteiger charge is 2.49. The molecule has 0 spiro atoms. The van der Waals surface area contributed by atoms with Gasteiger partial charge in [0.05, 0.1) is 22.6 Å². The minimum absolute atomic E-state index is 0.0423. The number of nitriles is 1. The molecule has 1 saturated carbocycles. The maximum absolute atomic E-state index is 15.0. The Hall–Kier alpha value is -2.80. The number of hydrogen-bond acceptors (Lipinski definition) is 6. The first kappa shape index (κ1) is 27.2. The summed E-state index contributed by atoms with van der Waals surface area (Å²) in [6, 6.07) is 12.1. The second kappa shape index (κ2) is 10.5. The first-order chi connectivity index (χ1) is 17.4. The van der Waals surface area contributed by atoms with Crippen molar-refractivity contribution in [3.8, 4) is 17.2 Å². The topological polar surface area (TPSA) is 99.5 Å². The molecule has 4 rings (SSSR count). The summed E-state index contributed by atoms with van der Waals surface area (Å²) < 4.78 is 44.3. The van der Waals surface area contributed by atoms with Crippen molar-refractivity contribution >= 4 is 15.7 Å². The Bertz CT molecular complexity index is 1300. The average Bonchev–Trinajstić information content (AvgIpc) is 3.44. The molecule has 2 fully saturated rings. The number of hydrogen-bond donors (Lipinski definition) is 1. The monoisotopic (exact) mass is 527 g/mol. The molecule has 198 valence electrons. The fourth-order valence-electron chi connectivity index (χ4n) is 5.29. The van der Waals surface area contributed by atoms with E-state index in [-0.39, 0.29) is 34.8 Å². The second-order valence-electron chi connectivity index (χ2n) is 11.1. The van der Waals surface area contributed by atoms with Gasteiger partial charge >= 0.3 is 0 Å². The summed E-state index contributed by atoms with van der Waals surface area (Å²) in [5.74, 6) is -0.461. The molecule has 1 aliphatic heterocycles. The maximum Gasteiger partial charge on any atom is 0.238 e. The summed E-state index contributed by atoms with van der Waals surface area (Å²) in [5.41, 5.74) is 1.27. The average molecular weight is 528 g/mol. The molecule has 1 aliphatic carbocycles. The van der Waals surface area contributed by atoms with Crippen LogP contribution in [-0.4, -0.2) is 55.9 Å². The van der Waals surface area contributed by atoms with Crippen LogP contribution in [0.1, 0.15) is 45.6 Å². The molecule has 1 amide bonds. The number of carbonyl (C=O) groups excluding carboxylic acids is 1. The van der Waals surface area contributed by atoms with Crippen LogP contribution >= 0.6 is 0 Å². The molecular weight excluding hydrogens is 493 g/mol. The molecule has 0 unspecified atom stereocenters. The number of carbonyl (C=O) groups is 1. The lowest BCUT2D eigenvalue weighted by molar-refractivity contribution is -0.136. The van der Waals surface area contributed by atoms with Gasteiger partial charge in [0.25, 0.3) is 0 Å². The quantitative estimate of drug-likeness (QED) is 0.556. The largest absolute Gasteiger partial charge is 0.360 e. The van der Waals surface area contributed by atoms with Gasteiger partial charge in [0, 0.05) is 18.7 Å². The number of halogens is 1. The van der Waals surface area contributed by atoms with E-state index in [4.69, 9.17) is 4.74 Å². The molecule has 0 aromatic heterocycles. The number of nitrogens with zero attached hydrogens (tertiary/aromatic N) is 2. The lowest BCUT2D eigenvalue weighted by atomic mass is 9.97. The molecule has 37 heavy (non-hydrogen) atoms. The van der Waals surface area contributed by atoms with Crippen molar-refractivity contribution < 1.29 is 22.3 Å². The number of rotatable bonds is 8. The van der Waals surface area contributed by atoms with Crippen molar-refractivity contribution in [1.29, 1.82) is 5.26 Å². The Morgan fingerprint density at radius 2 is 1.86 bits per heavy atom. The Morgan fingerprint density at radius 1 is 1.19 bits per heavy atom. The van der Waals surface area contributed by atoms with Gasteiger partial charge in [-0.05, 0) is 80.8 Å². The lowest BCUT2D eigenvalue weighted by Gasteiger charge is -2.36. The number of likely N-dealkylation sites (tertiary alicyclic amines) is 1. The minimum Gasteiger partial charge on any atom is -0.360 e. The summed E-state index contributed by atoms with van der Waals surface area (Å²) in [4.78, 5) is 15.6. The van der Waals surface area contributed by atoms with E-state index in [1.165, 1.54) is 18.2 Å². The molecule has 1 N–H and O–H groups in total. The molecule has 2 aromatic carbocycles. The Balaban J connectivity index is 1.43. The third-order valence-electron chi connectivity index (χ3n) is 7.20. The van der Waals surface area contributed by atoms with Gasteiger partial charge in [0.1, 0.15) is 18.6 Å². The smallest absolute Gasteiger partial charge is 0.238 e. The molecule has 0 radical (unpaired) electrons. The molecule has 1 saturated heterocycles. The second-order valence-corrected chi connectivity index (χ2v) is 13.1. The molecule has 2 aromatic rings. The highest BCUT2D eigenvalue weighted by Crippen LogP contribution is 2.42. The van der Waals surface area contributed by atoms with E-state index in [2.05, 4.69) is 16.3 Å². The summed E-state index contributed by atoms with van der Waals surface area (Å²) in [6.45, 7) is 6.30. The summed E-state index contributed by atoms with van der Waals surface area (Å²) >= 11 is 0. The zero-order chi connectivity index (χ0) is 27.0. The van der Waals surface area contributed by atoms with Crippen molar-refractivity contribution in [2.75, 3.05) is 13.0 Å². The van der Waals surface area contributed by atoms with Crippen LogP contribution in [-0.2, 0) is 25.8 Å². The molecule has 1 heterocycles. The van der Waals surface area contributed by atoms with Crippen LogP contribution in [0.15, 0.2) is 47.4 Å². The van der Waals surface area contributed by atoms with Gasteiger partial charge in [-0.25, -0.2) is 12.8 Å². The summed E-state index contributed by atoms with van der Waals surface area (Å²) in [6.07, 6.45) is 4.14. The van der Waals surface area contributed by atoms with Crippen LogP contribution in [0.4, 0.5) is 4.39 Å². The van der Waals surface area contributed by atoms with E-state index in [1.54, 1.807) is 24.3 Å². The van der Waals surface area contributed by atoms with Crippen LogP contribution in [0.3, 0.4) is 0 Å². The first-order valence-corrected chi connectivity index (χ1v) is 14.4. The fraction of sp³-hybridized carbons (Fsp3) is 0.500. The summed E-state index contributed by atoms with van der Waals surface area (Å²) in [5, 5.41) is 12.6. The normalized spacial score (nSPS) is 22.5. The predicted molar refractivity (Wildman–Crippen MR) is 139 cm³/mol. The van der Waals surface area contributed by atoms with E-state index in [9.17, 15) is 22.9 Å². The van der Waals surface area contributed by atoms with Crippen LogP contribution in [0, 0.1) is 23.1 Å². The number of amides is 1. The number of nitrogens with one attached hydrogen (secondary N) is 1. The molecule has 4 atom stereocenters. The van der Waals surface area contributed by atoms with Crippen LogP contribution < -0.4 is 5.32 Å². The third kappa shape index (κ3) is 6.38. The Labute approximate surface area is 218 Å². The number of fused-ring (bicyclic) bond motifs is 2. The van der Waals surface area contributed by atoms with Gasteiger partial charge in [-0.1, -0.05) is 24.3 Å². The van der Waals surface area contributed by atoms with Gasteiger partial charge in [0.15, 0.2) is 9.84 Å². The van der Waals surface area contributed by atoms with E-state index >= 15 is 0 Å². The van der Waals surface area contributed by atoms with Crippen molar-refractivity contribution in [1.82, 2.24) is 10.2 Å². The van der Waals surface area contributed by atoms with Crippen LogP contribution in [0.5, 0.6) is 0 Å². The standard InChI is InChI=1S/C28H34FN3O4S/c1-28(2,3)36-17-32-23-10-7-21(14-23)26(32)27(33)31-22(16-30)13-20-6-5-19(15-25(20)29)18-8-11-24(12-9-18)37(4,34)35/h5-6,8-9,11-12,15,21-23,26H,7,10,13-14,17H2,1-4H3,(H,31,33)/t21-,22-,23+,26-/m0/s1. The third-order valence-corrected chi connectivity index (χ3v) is 8.33. The van der Waals surface area contributed by atoms with E-state index < -0.39 is 21.7 Å². The molecule has 9 heteroatoms. The fourth-order valence-corrected chi connectivity index (χ4v) is 5.92. The lowest BCUT2D eigenvalue weighted by Crippen LogP contribution is -2.53. The molecule has 7 nitrogen and oxygen atoms in total. The first-order valence-electron chi connectivity index (χ1n) is 12.5. The van der Waals surface area contributed by atoms with E-state index in [0.29, 0.717) is 29.5 Å². The zero-order valence-electron chi connectivity index (χ0n) is 21.7. The SMILES string of the molecule is CC(C)(C)OCN1[C@@H]2CC[C@@H](C2)[C@H]1C(=O)N[C@H](C#N)Cc1ccc(-c2ccc(S(C)(=O)=O)cc2)cc1F. The van der Waals surface area contributed by atoms with Crippen LogP contribution in [0.25, 0.3) is 11.1 Å². The van der Waals surface area contributed by atoms with Gasteiger partial charge in [-0.2, -0.15) is 5.26 Å². The highest BCUT2D eigenvalue weighted by atomic mass is 32.2. The van der Waals surface area contributed by atoms with Crippen LogP contribution in [0.2, 0.25) is 0 Å². The highest BCUT2D eigenvalue weighted by molar-refractivity contribution is 7.90. The number of benzene rings is 2. The predicted octanol–water partition coefficient (Wildman–Crippen LogP) is 4.07. The van der Waals surface area contributed by atoms with Crippen molar-refractivity contribution in [3.63, 3.8) is 0 Å². The Kier molecular flexibility index (Phi) is 7.75. The molecule has 2 aliphatic rings. The van der Waals surface area contributed by atoms with Gasteiger partial charge in [-0.3, -0.25) is 9.69 Å². The number of piperidine rings is 1. The van der Waals surface area contributed by atoms with Crippen molar-refractivity contribution in [2.24, 2.45) is 5.92 Å². The van der Waals surface area contributed by atoms with Crippen molar-refractivity contribution in [2.45, 2.75) is 75.1 Å². The van der Waals surface area contributed by atoms with Gasteiger partial charge in [-0.15, -0.1) is 0 Å². The molecular formula is C28H34FN3O4S. The van der Waals surface area contributed by atoms with Crippen molar-refractivity contribution in [3.05, 3.63) is 53.8 Å². The maximum atomic E-state index is 15.0. The Morgan fingerprint density at radius 3 is 2.46 bits per heavy atom. The van der Waals surface area contributed by atoms with E-state index in [1.807, 2.05) is 20.8 Å². The summed E-state index contributed by atoms with van der Waals surface area (Å²) in [7, 11) is -3.31. The number of sulfone groups is 1. The van der Waals surface area contributed by atoms with E-state index in [0.717, 1.165) is 25.5 Å². The number of ether oxygens (including phenoxy) is 1. The van der Waals surface area contributed by atoms with Gasteiger partial charge in [0.2, 0.25) is 5.91 Å². The zero-order valence-corrected chi connectivity index (χ0v) is 22.5. The van der Waals surface area contributed by atoms with Gasteiger partial charge < -0.3 is 10.1 Å². The minimum atomic E-state index is -3.31. The molecule has 2 bridgehead atoms.